The average molecular weight is 325 g/mol. The number of benzene rings is 1. The van der Waals surface area contributed by atoms with E-state index in [0.717, 1.165) is 11.8 Å². The van der Waals surface area contributed by atoms with Crippen molar-refractivity contribution in [3.8, 4) is 0 Å². The molecule has 0 spiro atoms. The Hall–Kier alpha value is -0.820. The van der Waals surface area contributed by atoms with Crippen LogP contribution in [-0.4, -0.2) is 34.0 Å². The molecule has 5 nitrogen and oxygen atoms in total. The molecule has 0 bridgehead atoms. The van der Waals surface area contributed by atoms with E-state index in [9.17, 15) is 8.42 Å². The maximum absolute atomic E-state index is 11.0. The first-order valence-corrected chi connectivity index (χ1v) is 7.98. The van der Waals surface area contributed by atoms with Crippen LogP contribution in [0.15, 0.2) is 23.4 Å². The summed E-state index contributed by atoms with van der Waals surface area (Å²) in [5, 5.41) is 4.71. The molecule has 0 fully saturated rings. The van der Waals surface area contributed by atoms with E-state index in [2.05, 4.69) is 9.88 Å². The van der Waals surface area contributed by atoms with Crippen molar-refractivity contribution in [1.29, 1.82) is 0 Å². The summed E-state index contributed by atoms with van der Waals surface area (Å²) in [5.41, 5.74) is 1.31. The standard InChI is InChI=1S/C11H14Cl2N2O3S/c1-18-15-11(5-6-14-19(2,16)17)8-3-4-9(12)10(13)7-8/h3-4,7,14H,5-6H2,1-2H3/b15-11-. The molecule has 0 aliphatic carbocycles. The summed E-state index contributed by atoms with van der Waals surface area (Å²) in [4.78, 5) is 4.75. The number of hydrogen-bond donors (Lipinski definition) is 1. The molecule has 106 valence electrons. The van der Waals surface area contributed by atoms with Crippen molar-refractivity contribution in [2.24, 2.45) is 5.16 Å². The number of rotatable bonds is 6. The fraction of sp³-hybridized carbons (Fsp3) is 0.364. The molecule has 1 N–H and O–H groups in total. The van der Waals surface area contributed by atoms with Crippen molar-refractivity contribution in [3.63, 3.8) is 0 Å². The first kappa shape index (κ1) is 16.2. The van der Waals surface area contributed by atoms with Crippen LogP contribution in [0.3, 0.4) is 0 Å². The summed E-state index contributed by atoms with van der Waals surface area (Å²) >= 11 is 11.8. The summed E-state index contributed by atoms with van der Waals surface area (Å²) in [5.74, 6) is 0. The Kier molecular flexibility index (Phi) is 6.06. The summed E-state index contributed by atoms with van der Waals surface area (Å²) in [6, 6.07) is 5.04. The molecule has 0 aliphatic rings. The topological polar surface area (TPSA) is 67.8 Å². The molecule has 0 heterocycles. The Morgan fingerprint density at radius 2 is 2.05 bits per heavy atom. The molecule has 0 saturated carbocycles. The Labute approximate surface area is 122 Å². The molecule has 0 amide bonds. The van der Waals surface area contributed by atoms with E-state index >= 15 is 0 Å². The van der Waals surface area contributed by atoms with E-state index in [1.807, 2.05) is 0 Å². The third-order valence-electron chi connectivity index (χ3n) is 2.18. The minimum Gasteiger partial charge on any atom is -0.399 e. The molecule has 1 aromatic rings. The fourth-order valence-corrected chi connectivity index (χ4v) is 2.15. The maximum Gasteiger partial charge on any atom is 0.208 e. The van der Waals surface area contributed by atoms with Crippen molar-refractivity contribution in [2.75, 3.05) is 19.9 Å². The number of halogens is 2. The van der Waals surface area contributed by atoms with Crippen LogP contribution in [0.4, 0.5) is 0 Å². The maximum atomic E-state index is 11.0. The molecule has 19 heavy (non-hydrogen) atoms. The number of nitrogens with zero attached hydrogens (tertiary/aromatic N) is 1. The van der Waals surface area contributed by atoms with Crippen LogP contribution in [0.25, 0.3) is 0 Å². The number of nitrogens with one attached hydrogen (secondary N) is 1. The van der Waals surface area contributed by atoms with Crippen LogP contribution in [0.2, 0.25) is 10.0 Å². The van der Waals surface area contributed by atoms with Crippen molar-refractivity contribution in [2.45, 2.75) is 6.42 Å². The van der Waals surface area contributed by atoms with Crippen LogP contribution < -0.4 is 4.72 Å². The van der Waals surface area contributed by atoms with Gasteiger partial charge < -0.3 is 4.84 Å². The van der Waals surface area contributed by atoms with Crippen LogP contribution in [0, 0.1) is 0 Å². The predicted octanol–water partition coefficient (Wildman–Crippen LogP) is 2.28. The second-order valence-electron chi connectivity index (χ2n) is 3.77. The van der Waals surface area contributed by atoms with Crippen molar-refractivity contribution >= 4 is 38.9 Å². The average Bonchev–Trinajstić information content (AvgIpc) is 2.30. The van der Waals surface area contributed by atoms with Gasteiger partial charge in [-0.1, -0.05) is 34.4 Å². The zero-order valence-electron chi connectivity index (χ0n) is 10.5. The quantitative estimate of drug-likeness (QED) is 0.644. The number of hydrogen-bond acceptors (Lipinski definition) is 4. The van der Waals surface area contributed by atoms with Crippen molar-refractivity contribution < 1.29 is 13.3 Å². The van der Waals surface area contributed by atoms with Crippen LogP contribution >= 0.6 is 23.2 Å². The SMILES string of the molecule is CO/N=C(/CCNS(C)(=O)=O)c1ccc(Cl)c(Cl)c1. The van der Waals surface area contributed by atoms with Gasteiger partial charge in [0.1, 0.15) is 7.11 Å². The van der Waals surface area contributed by atoms with Gasteiger partial charge in [0.05, 0.1) is 22.0 Å². The highest BCUT2D eigenvalue weighted by molar-refractivity contribution is 7.88. The van der Waals surface area contributed by atoms with Crippen molar-refractivity contribution in [3.05, 3.63) is 33.8 Å². The highest BCUT2D eigenvalue weighted by Gasteiger charge is 2.09. The van der Waals surface area contributed by atoms with E-state index in [-0.39, 0.29) is 6.54 Å². The predicted molar refractivity (Wildman–Crippen MR) is 77.5 cm³/mol. The smallest absolute Gasteiger partial charge is 0.208 e. The van der Waals surface area contributed by atoms with E-state index in [1.54, 1.807) is 18.2 Å². The van der Waals surface area contributed by atoms with E-state index < -0.39 is 10.0 Å². The molecule has 1 rings (SSSR count). The Morgan fingerprint density at radius 1 is 1.37 bits per heavy atom. The van der Waals surface area contributed by atoms with E-state index in [4.69, 9.17) is 28.0 Å². The minimum atomic E-state index is -3.22. The molecular formula is C11H14Cl2N2O3S. The highest BCUT2D eigenvalue weighted by Crippen LogP contribution is 2.23. The molecule has 0 atom stereocenters. The van der Waals surface area contributed by atoms with Gasteiger partial charge in [-0.2, -0.15) is 0 Å². The summed E-state index contributed by atoms with van der Waals surface area (Å²) < 4.78 is 24.4. The lowest BCUT2D eigenvalue weighted by atomic mass is 10.1. The second-order valence-corrected chi connectivity index (χ2v) is 6.41. The molecule has 0 saturated heterocycles. The Balaban J connectivity index is 2.83. The van der Waals surface area contributed by atoms with Gasteiger partial charge >= 0.3 is 0 Å². The zero-order valence-corrected chi connectivity index (χ0v) is 12.8. The first-order valence-electron chi connectivity index (χ1n) is 5.33. The van der Waals surface area contributed by atoms with Gasteiger partial charge in [0, 0.05) is 18.5 Å². The molecule has 1 aromatic carbocycles. The van der Waals surface area contributed by atoms with E-state index in [0.29, 0.717) is 22.2 Å². The zero-order chi connectivity index (χ0) is 14.5. The van der Waals surface area contributed by atoms with Gasteiger partial charge in [-0.05, 0) is 12.1 Å². The summed E-state index contributed by atoms with van der Waals surface area (Å²) in [6.07, 6.45) is 1.47. The molecule has 0 unspecified atom stereocenters. The highest BCUT2D eigenvalue weighted by atomic mass is 35.5. The molecule has 0 radical (unpaired) electrons. The lowest BCUT2D eigenvalue weighted by Crippen LogP contribution is -2.25. The molecule has 8 heteroatoms. The third-order valence-corrected chi connectivity index (χ3v) is 3.65. The second kappa shape index (κ2) is 7.09. The summed E-state index contributed by atoms with van der Waals surface area (Å²) in [6.45, 7) is 0.223. The molecular weight excluding hydrogens is 311 g/mol. The number of oxime groups is 1. The molecule has 0 aliphatic heterocycles. The van der Waals surface area contributed by atoms with E-state index in [1.165, 1.54) is 7.11 Å². The lowest BCUT2D eigenvalue weighted by Gasteiger charge is -2.07. The normalized spacial score (nSPS) is 12.5. The number of sulfonamides is 1. The molecule has 0 aromatic heterocycles. The van der Waals surface area contributed by atoms with Crippen molar-refractivity contribution in [1.82, 2.24) is 4.72 Å². The van der Waals surface area contributed by atoms with Crippen LogP contribution in [0.5, 0.6) is 0 Å². The lowest BCUT2D eigenvalue weighted by molar-refractivity contribution is 0.213. The van der Waals surface area contributed by atoms with Gasteiger partial charge in [0.15, 0.2) is 0 Å². The van der Waals surface area contributed by atoms with Crippen LogP contribution in [0.1, 0.15) is 12.0 Å². The van der Waals surface area contributed by atoms with Gasteiger partial charge in [-0.25, -0.2) is 13.1 Å². The monoisotopic (exact) mass is 324 g/mol. The largest absolute Gasteiger partial charge is 0.399 e. The first-order chi connectivity index (χ1) is 8.83. The van der Waals surface area contributed by atoms with Gasteiger partial charge in [0.25, 0.3) is 0 Å². The summed E-state index contributed by atoms with van der Waals surface area (Å²) in [7, 11) is -1.81. The Bertz CT molecular complexity index is 573. The van der Waals surface area contributed by atoms with Gasteiger partial charge in [0.2, 0.25) is 10.0 Å². The third kappa shape index (κ3) is 5.78. The van der Waals surface area contributed by atoms with Gasteiger partial charge in [-0.3, -0.25) is 0 Å². The minimum absolute atomic E-state index is 0.223. The fourth-order valence-electron chi connectivity index (χ4n) is 1.38. The van der Waals surface area contributed by atoms with Gasteiger partial charge in [-0.15, -0.1) is 0 Å². The van der Waals surface area contributed by atoms with Crippen LogP contribution in [-0.2, 0) is 14.9 Å². The Morgan fingerprint density at radius 3 is 2.58 bits per heavy atom.